The number of carbonyl (C=O) groups is 2. The normalized spacial score (nSPS) is 11.8. The standard InChI is InChI=1S/C18H21N3O4S/c1-5-24-15(22)13(10-12-6-8-19-9-7-12)14-11-20-16(26-14)21-17(23)25-18(2,3)4/h6-11H,5H2,1-4H3,(H,20,21,23). The molecule has 0 aliphatic heterocycles. The lowest BCUT2D eigenvalue weighted by atomic mass is 10.1. The molecule has 138 valence electrons. The van der Waals surface area contributed by atoms with Gasteiger partial charge in [0.25, 0.3) is 0 Å². The van der Waals surface area contributed by atoms with Crippen LogP contribution in [0.25, 0.3) is 11.6 Å². The van der Waals surface area contributed by atoms with Gasteiger partial charge < -0.3 is 9.47 Å². The Bertz CT molecular complexity index is 794. The van der Waals surface area contributed by atoms with Crippen molar-refractivity contribution in [1.82, 2.24) is 9.97 Å². The summed E-state index contributed by atoms with van der Waals surface area (Å²) in [6, 6.07) is 3.56. The molecule has 0 unspecified atom stereocenters. The van der Waals surface area contributed by atoms with E-state index in [0.29, 0.717) is 15.6 Å². The second kappa shape index (κ2) is 8.57. The Kier molecular flexibility index (Phi) is 6.46. The fourth-order valence-corrected chi connectivity index (χ4v) is 2.72. The Morgan fingerprint density at radius 1 is 1.27 bits per heavy atom. The van der Waals surface area contributed by atoms with Crippen molar-refractivity contribution in [2.24, 2.45) is 0 Å². The average Bonchev–Trinajstić information content (AvgIpc) is 3.00. The molecule has 8 heteroatoms. The molecule has 0 aromatic carbocycles. The number of amides is 1. The van der Waals surface area contributed by atoms with Gasteiger partial charge in [0, 0.05) is 18.6 Å². The summed E-state index contributed by atoms with van der Waals surface area (Å²) < 4.78 is 10.3. The topological polar surface area (TPSA) is 90.4 Å². The lowest BCUT2D eigenvalue weighted by molar-refractivity contribution is -0.136. The SMILES string of the molecule is CCOC(=O)C(=Cc1ccncc1)c1cnc(NC(=O)OC(C)(C)C)s1. The first-order valence-corrected chi connectivity index (χ1v) is 8.85. The Morgan fingerprint density at radius 3 is 2.58 bits per heavy atom. The molecule has 2 heterocycles. The van der Waals surface area contributed by atoms with Crippen molar-refractivity contribution in [3.63, 3.8) is 0 Å². The lowest BCUT2D eigenvalue weighted by Gasteiger charge is -2.18. The second-order valence-corrected chi connectivity index (χ2v) is 7.25. The maximum Gasteiger partial charge on any atom is 0.413 e. The van der Waals surface area contributed by atoms with E-state index in [4.69, 9.17) is 9.47 Å². The van der Waals surface area contributed by atoms with Gasteiger partial charge in [0.2, 0.25) is 0 Å². The number of thiazole rings is 1. The molecule has 0 aliphatic carbocycles. The zero-order valence-corrected chi connectivity index (χ0v) is 15.9. The molecule has 0 atom stereocenters. The van der Waals surface area contributed by atoms with Gasteiger partial charge in [0.05, 0.1) is 17.1 Å². The molecule has 0 fully saturated rings. The van der Waals surface area contributed by atoms with Crippen LogP contribution in [0, 0.1) is 0 Å². The van der Waals surface area contributed by atoms with Crippen LogP contribution >= 0.6 is 11.3 Å². The fraction of sp³-hybridized carbons (Fsp3) is 0.333. The van der Waals surface area contributed by atoms with E-state index in [9.17, 15) is 9.59 Å². The molecule has 7 nitrogen and oxygen atoms in total. The number of carbonyl (C=O) groups excluding carboxylic acids is 2. The molecule has 2 aromatic rings. The summed E-state index contributed by atoms with van der Waals surface area (Å²) in [4.78, 5) is 32.9. The Hall–Kier alpha value is -2.74. The maximum absolute atomic E-state index is 12.3. The fourth-order valence-electron chi connectivity index (χ4n) is 1.91. The predicted octanol–water partition coefficient (Wildman–Crippen LogP) is 3.99. The van der Waals surface area contributed by atoms with E-state index in [-0.39, 0.29) is 6.61 Å². The summed E-state index contributed by atoms with van der Waals surface area (Å²) in [6.45, 7) is 7.32. The monoisotopic (exact) mass is 375 g/mol. The third kappa shape index (κ3) is 5.96. The van der Waals surface area contributed by atoms with E-state index < -0.39 is 17.7 Å². The minimum absolute atomic E-state index is 0.258. The minimum Gasteiger partial charge on any atom is -0.462 e. The van der Waals surface area contributed by atoms with Gasteiger partial charge in [-0.2, -0.15) is 0 Å². The van der Waals surface area contributed by atoms with Crippen molar-refractivity contribution in [2.75, 3.05) is 11.9 Å². The van der Waals surface area contributed by atoms with Gasteiger partial charge in [-0.25, -0.2) is 14.6 Å². The number of pyridine rings is 1. The predicted molar refractivity (Wildman–Crippen MR) is 101 cm³/mol. The summed E-state index contributed by atoms with van der Waals surface area (Å²) in [7, 11) is 0. The van der Waals surface area contributed by atoms with Crippen molar-refractivity contribution in [3.8, 4) is 0 Å². The zero-order chi connectivity index (χ0) is 19.2. The van der Waals surface area contributed by atoms with Gasteiger partial charge >= 0.3 is 12.1 Å². The summed E-state index contributed by atoms with van der Waals surface area (Å²) in [5.74, 6) is -0.461. The molecule has 0 saturated heterocycles. The maximum atomic E-state index is 12.3. The first-order chi connectivity index (χ1) is 12.3. The van der Waals surface area contributed by atoms with E-state index in [1.807, 2.05) is 0 Å². The number of esters is 1. The van der Waals surface area contributed by atoms with Crippen LogP contribution in [0.4, 0.5) is 9.93 Å². The summed E-state index contributed by atoms with van der Waals surface area (Å²) in [5.41, 5.74) is 0.549. The molecule has 2 rings (SSSR count). The van der Waals surface area contributed by atoms with Crippen LogP contribution in [-0.4, -0.2) is 34.2 Å². The van der Waals surface area contributed by atoms with Crippen molar-refractivity contribution in [3.05, 3.63) is 41.2 Å². The van der Waals surface area contributed by atoms with Gasteiger partial charge in [0.1, 0.15) is 5.60 Å². The van der Waals surface area contributed by atoms with Crippen LogP contribution in [0.15, 0.2) is 30.7 Å². The summed E-state index contributed by atoms with van der Waals surface area (Å²) in [6.07, 6.45) is 5.88. The number of hydrogen-bond donors (Lipinski definition) is 1. The third-order valence-electron chi connectivity index (χ3n) is 2.89. The molecule has 0 saturated carbocycles. The highest BCUT2D eigenvalue weighted by Crippen LogP contribution is 2.28. The Morgan fingerprint density at radius 2 is 1.96 bits per heavy atom. The van der Waals surface area contributed by atoms with Crippen LogP contribution in [0.5, 0.6) is 0 Å². The van der Waals surface area contributed by atoms with Crippen LogP contribution in [0.2, 0.25) is 0 Å². The molecule has 0 aliphatic rings. The highest BCUT2D eigenvalue weighted by atomic mass is 32.1. The molecular formula is C18H21N3O4S. The van der Waals surface area contributed by atoms with E-state index >= 15 is 0 Å². The number of nitrogens with zero attached hydrogens (tertiary/aromatic N) is 2. The van der Waals surface area contributed by atoms with E-state index in [2.05, 4.69) is 15.3 Å². The average molecular weight is 375 g/mol. The summed E-state index contributed by atoms with van der Waals surface area (Å²) >= 11 is 1.16. The minimum atomic E-state index is -0.610. The van der Waals surface area contributed by atoms with Gasteiger partial charge in [-0.1, -0.05) is 11.3 Å². The number of hydrogen-bond acceptors (Lipinski definition) is 7. The van der Waals surface area contributed by atoms with Gasteiger partial charge in [-0.05, 0) is 51.5 Å². The number of anilines is 1. The van der Waals surface area contributed by atoms with Crippen LogP contribution in [0.1, 0.15) is 38.1 Å². The number of ether oxygens (including phenoxy) is 2. The molecule has 0 radical (unpaired) electrons. The largest absolute Gasteiger partial charge is 0.462 e. The van der Waals surface area contributed by atoms with E-state index in [1.54, 1.807) is 58.3 Å². The van der Waals surface area contributed by atoms with Crippen LogP contribution in [0.3, 0.4) is 0 Å². The van der Waals surface area contributed by atoms with Crippen molar-refractivity contribution < 1.29 is 19.1 Å². The van der Waals surface area contributed by atoms with Crippen molar-refractivity contribution in [2.45, 2.75) is 33.3 Å². The molecule has 1 amide bonds. The molecule has 0 bridgehead atoms. The zero-order valence-electron chi connectivity index (χ0n) is 15.1. The number of nitrogens with one attached hydrogen (secondary N) is 1. The highest BCUT2D eigenvalue weighted by molar-refractivity contribution is 7.17. The lowest BCUT2D eigenvalue weighted by Crippen LogP contribution is -2.27. The first kappa shape index (κ1) is 19.6. The number of aromatic nitrogens is 2. The van der Waals surface area contributed by atoms with Crippen molar-refractivity contribution >= 4 is 40.2 Å². The Labute approximate surface area is 156 Å². The van der Waals surface area contributed by atoms with Gasteiger partial charge in [0.15, 0.2) is 5.13 Å². The van der Waals surface area contributed by atoms with Gasteiger partial charge in [-0.3, -0.25) is 10.3 Å². The quantitative estimate of drug-likeness (QED) is 0.628. The smallest absolute Gasteiger partial charge is 0.413 e. The van der Waals surface area contributed by atoms with Crippen LogP contribution < -0.4 is 5.32 Å². The molecular weight excluding hydrogens is 354 g/mol. The van der Waals surface area contributed by atoms with E-state index in [1.165, 1.54) is 6.20 Å². The molecule has 0 spiro atoms. The number of rotatable bonds is 5. The molecule has 26 heavy (non-hydrogen) atoms. The molecule has 2 aromatic heterocycles. The second-order valence-electron chi connectivity index (χ2n) is 6.22. The third-order valence-corrected chi connectivity index (χ3v) is 3.84. The van der Waals surface area contributed by atoms with Crippen molar-refractivity contribution in [1.29, 1.82) is 0 Å². The Balaban J connectivity index is 2.24. The first-order valence-electron chi connectivity index (χ1n) is 8.03. The van der Waals surface area contributed by atoms with Crippen LogP contribution in [-0.2, 0) is 14.3 Å². The van der Waals surface area contributed by atoms with Gasteiger partial charge in [-0.15, -0.1) is 0 Å². The van der Waals surface area contributed by atoms with E-state index in [0.717, 1.165) is 16.9 Å². The summed E-state index contributed by atoms with van der Waals surface area (Å²) in [5, 5.41) is 2.90. The highest BCUT2D eigenvalue weighted by Gasteiger charge is 2.20. The molecule has 1 N–H and O–H groups in total.